The minimum absolute atomic E-state index is 0.144. The lowest BCUT2D eigenvalue weighted by Crippen LogP contribution is -2.38. The third-order valence-electron chi connectivity index (χ3n) is 4.07. The lowest BCUT2D eigenvalue weighted by atomic mass is 9.86. The van der Waals surface area contributed by atoms with Gasteiger partial charge in [0.2, 0.25) is 0 Å². The van der Waals surface area contributed by atoms with Gasteiger partial charge in [-0.2, -0.15) is 0 Å². The molecule has 0 heterocycles. The van der Waals surface area contributed by atoms with E-state index in [1.165, 1.54) is 0 Å². The summed E-state index contributed by atoms with van der Waals surface area (Å²) < 4.78 is 0.984. The monoisotopic (exact) mass is 352 g/mol. The van der Waals surface area contributed by atoms with Gasteiger partial charge in [-0.05, 0) is 30.5 Å². The van der Waals surface area contributed by atoms with Crippen LogP contribution in [0.4, 0.5) is 4.79 Å². The highest BCUT2D eigenvalue weighted by Gasteiger charge is 2.30. The van der Waals surface area contributed by atoms with Crippen molar-refractivity contribution in [1.82, 2.24) is 10.6 Å². The second kappa shape index (κ2) is 7.59. The molecule has 1 fully saturated rings. The van der Waals surface area contributed by atoms with Gasteiger partial charge in [0.25, 0.3) is 0 Å². The second-order valence-electron chi connectivity index (χ2n) is 5.45. The van der Waals surface area contributed by atoms with E-state index in [0.717, 1.165) is 35.7 Å². The van der Waals surface area contributed by atoms with Crippen LogP contribution in [0, 0.1) is 5.92 Å². The van der Waals surface area contributed by atoms with Crippen molar-refractivity contribution in [2.45, 2.75) is 31.6 Å². The molecule has 0 radical (unpaired) electrons. The van der Waals surface area contributed by atoms with Crippen LogP contribution < -0.4 is 10.6 Å². The third kappa shape index (κ3) is 4.30. The minimum Gasteiger partial charge on any atom is -0.341 e. The van der Waals surface area contributed by atoms with Gasteiger partial charge in [-0.1, -0.05) is 40.9 Å². The average Bonchev–Trinajstić information content (AvgIpc) is 3.03. The molecule has 21 heavy (non-hydrogen) atoms. The SMILES string of the molecule is CNC(=O)NCC(C(=O)C1CCCC1)c1ccc(Br)cc1. The van der Waals surface area contributed by atoms with Crippen molar-refractivity contribution in [2.75, 3.05) is 13.6 Å². The maximum atomic E-state index is 12.7. The van der Waals surface area contributed by atoms with Crippen molar-refractivity contribution in [3.63, 3.8) is 0 Å². The van der Waals surface area contributed by atoms with Crippen molar-refractivity contribution in [3.05, 3.63) is 34.3 Å². The second-order valence-corrected chi connectivity index (χ2v) is 6.36. The predicted molar refractivity (Wildman–Crippen MR) is 86.3 cm³/mol. The Labute approximate surface area is 133 Å². The third-order valence-corrected chi connectivity index (χ3v) is 4.60. The number of amides is 2. The van der Waals surface area contributed by atoms with Gasteiger partial charge < -0.3 is 10.6 Å². The van der Waals surface area contributed by atoms with Crippen LogP contribution in [0.2, 0.25) is 0 Å². The Morgan fingerprint density at radius 1 is 1.24 bits per heavy atom. The summed E-state index contributed by atoms with van der Waals surface area (Å²) in [5.41, 5.74) is 0.964. The molecule has 0 spiro atoms. The summed E-state index contributed by atoms with van der Waals surface area (Å²) >= 11 is 3.41. The molecule has 0 saturated heterocycles. The summed E-state index contributed by atoms with van der Waals surface area (Å²) in [6, 6.07) is 7.52. The first-order valence-electron chi connectivity index (χ1n) is 7.36. The molecule has 0 bridgehead atoms. The van der Waals surface area contributed by atoms with Crippen molar-refractivity contribution >= 4 is 27.7 Å². The average molecular weight is 353 g/mol. The molecule has 2 amide bonds. The highest BCUT2D eigenvalue weighted by atomic mass is 79.9. The Morgan fingerprint density at radius 2 is 1.86 bits per heavy atom. The van der Waals surface area contributed by atoms with E-state index in [1.807, 2.05) is 24.3 Å². The summed E-state index contributed by atoms with van der Waals surface area (Å²) in [6.45, 7) is 0.344. The van der Waals surface area contributed by atoms with Gasteiger partial charge in [0.1, 0.15) is 5.78 Å². The summed E-state index contributed by atoms with van der Waals surface area (Å²) in [4.78, 5) is 24.2. The molecule has 1 aliphatic carbocycles. The largest absolute Gasteiger partial charge is 0.341 e. The Kier molecular flexibility index (Phi) is 5.79. The lowest BCUT2D eigenvalue weighted by Gasteiger charge is -2.20. The Hall–Kier alpha value is -1.36. The lowest BCUT2D eigenvalue weighted by molar-refractivity contribution is -0.124. The van der Waals surface area contributed by atoms with E-state index >= 15 is 0 Å². The summed E-state index contributed by atoms with van der Waals surface area (Å²) in [5, 5.41) is 5.29. The molecule has 1 saturated carbocycles. The van der Waals surface area contributed by atoms with E-state index in [1.54, 1.807) is 7.05 Å². The van der Waals surface area contributed by atoms with E-state index in [2.05, 4.69) is 26.6 Å². The summed E-state index contributed by atoms with van der Waals surface area (Å²) in [6.07, 6.45) is 4.22. The number of nitrogens with one attached hydrogen (secondary N) is 2. The van der Waals surface area contributed by atoms with E-state index in [4.69, 9.17) is 0 Å². The fraction of sp³-hybridized carbons (Fsp3) is 0.500. The molecule has 0 aromatic heterocycles. The molecular weight excluding hydrogens is 332 g/mol. The number of carbonyl (C=O) groups is 2. The molecule has 1 aromatic carbocycles. The first-order chi connectivity index (χ1) is 10.1. The van der Waals surface area contributed by atoms with E-state index in [0.29, 0.717) is 6.54 Å². The molecule has 114 valence electrons. The summed E-state index contributed by atoms with van der Waals surface area (Å²) in [7, 11) is 1.57. The molecule has 1 unspecified atom stereocenters. The van der Waals surface area contributed by atoms with E-state index in [9.17, 15) is 9.59 Å². The van der Waals surface area contributed by atoms with Gasteiger partial charge in [-0.25, -0.2) is 4.79 Å². The van der Waals surface area contributed by atoms with Crippen molar-refractivity contribution in [1.29, 1.82) is 0 Å². The molecular formula is C16H21BrN2O2. The Balaban J connectivity index is 2.14. The maximum absolute atomic E-state index is 12.7. The Bertz CT molecular complexity index is 496. The number of hydrogen-bond donors (Lipinski definition) is 2. The van der Waals surface area contributed by atoms with Crippen molar-refractivity contribution < 1.29 is 9.59 Å². The Morgan fingerprint density at radius 3 is 2.43 bits per heavy atom. The number of carbonyl (C=O) groups excluding carboxylic acids is 2. The fourth-order valence-electron chi connectivity index (χ4n) is 2.86. The fourth-order valence-corrected chi connectivity index (χ4v) is 3.12. The molecule has 4 nitrogen and oxygen atoms in total. The molecule has 2 rings (SSSR count). The van der Waals surface area contributed by atoms with Gasteiger partial charge in [0, 0.05) is 24.0 Å². The zero-order valence-electron chi connectivity index (χ0n) is 12.2. The van der Waals surface area contributed by atoms with Crippen molar-refractivity contribution in [3.8, 4) is 0 Å². The zero-order valence-corrected chi connectivity index (χ0v) is 13.8. The number of Topliss-reactive ketones (excluding diaryl/α,β-unsaturated/α-hetero) is 1. The normalized spacial score (nSPS) is 16.5. The van der Waals surface area contributed by atoms with Gasteiger partial charge in [0.15, 0.2) is 0 Å². The smallest absolute Gasteiger partial charge is 0.314 e. The topological polar surface area (TPSA) is 58.2 Å². The molecule has 1 aliphatic rings. The molecule has 1 atom stereocenters. The number of urea groups is 1. The van der Waals surface area contributed by atoms with Crippen LogP contribution >= 0.6 is 15.9 Å². The molecule has 1 aromatic rings. The number of benzene rings is 1. The predicted octanol–water partition coefficient (Wildman–Crippen LogP) is 3.22. The van der Waals surface area contributed by atoms with Crippen LogP contribution in [0.3, 0.4) is 0 Å². The highest BCUT2D eigenvalue weighted by molar-refractivity contribution is 9.10. The summed E-state index contributed by atoms with van der Waals surface area (Å²) in [5.74, 6) is 0.134. The molecule has 2 N–H and O–H groups in total. The molecule has 5 heteroatoms. The van der Waals surface area contributed by atoms with Gasteiger partial charge >= 0.3 is 6.03 Å². The standard InChI is InChI=1S/C16H21BrN2O2/c1-18-16(21)19-10-14(11-6-8-13(17)9-7-11)15(20)12-4-2-3-5-12/h6-9,12,14H,2-5,10H2,1H3,(H2,18,19,21). The van der Waals surface area contributed by atoms with Crippen LogP contribution in [0.15, 0.2) is 28.7 Å². The number of rotatable bonds is 5. The zero-order chi connectivity index (χ0) is 15.2. The number of hydrogen-bond acceptors (Lipinski definition) is 2. The van der Waals surface area contributed by atoms with Gasteiger partial charge in [-0.3, -0.25) is 4.79 Å². The minimum atomic E-state index is -0.265. The molecule has 0 aliphatic heterocycles. The van der Waals surface area contributed by atoms with E-state index in [-0.39, 0.29) is 23.7 Å². The van der Waals surface area contributed by atoms with Crippen LogP contribution in [-0.2, 0) is 4.79 Å². The van der Waals surface area contributed by atoms with Crippen LogP contribution in [0.25, 0.3) is 0 Å². The quantitative estimate of drug-likeness (QED) is 0.854. The number of ketones is 1. The van der Waals surface area contributed by atoms with Gasteiger partial charge in [0.05, 0.1) is 5.92 Å². The highest BCUT2D eigenvalue weighted by Crippen LogP contribution is 2.31. The van der Waals surface area contributed by atoms with Crippen LogP contribution in [0.1, 0.15) is 37.2 Å². The first-order valence-corrected chi connectivity index (χ1v) is 8.16. The maximum Gasteiger partial charge on any atom is 0.314 e. The number of halogens is 1. The van der Waals surface area contributed by atoms with Gasteiger partial charge in [-0.15, -0.1) is 0 Å². The van der Waals surface area contributed by atoms with Crippen LogP contribution in [-0.4, -0.2) is 25.4 Å². The van der Waals surface area contributed by atoms with Crippen molar-refractivity contribution in [2.24, 2.45) is 5.92 Å². The van der Waals surface area contributed by atoms with Crippen LogP contribution in [0.5, 0.6) is 0 Å². The van der Waals surface area contributed by atoms with E-state index < -0.39 is 0 Å². The first kappa shape index (κ1) is 16.0.